The van der Waals surface area contributed by atoms with E-state index in [1.165, 1.54) is 24.2 Å². The minimum absolute atomic E-state index is 0.852. The number of methoxy groups -OCH3 is 1. The van der Waals surface area contributed by atoms with E-state index in [2.05, 4.69) is 24.8 Å². The van der Waals surface area contributed by atoms with Gasteiger partial charge in [0.05, 0.1) is 12.8 Å². The Morgan fingerprint density at radius 3 is 2.42 bits per heavy atom. The van der Waals surface area contributed by atoms with Crippen molar-refractivity contribution in [2.24, 2.45) is 0 Å². The first kappa shape index (κ1) is 15.0. The Bertz CT molecular complexity index is 877. The van der Waals surface area contributed by atoms with Crippen molar-refractivity contribution in [3.63, 3.8) is 0 Å². The van der Waals surface area contributed by atoms with Crippen LogP contribution in [0.25, 0.3) is 16.9 Å². The van der Waals surface area contributed by atoms with Gasteiger partial charge in [-0.15, -0.1) is 0 Å². The smallest absolute Gasteiger partial charge is 0.158 e. The Labute approximate surface area is 141 Å². The van der Waals surface area contributed by atoms with Crippen molar-refractivity contribution in [2.75, 3.05) is 25.1 Å². The van der Waals surface area contributed by atoms with E-state index >= 15 is 0 Å². The lowest BCUT2D eigenvalue weighted by Gasteiger charge is -2.21. The third-order valence-corrected chi connectivity index (χ3v) is 4.84. The molecule has 3 heterocycles. The summed E-state index contributed by atoms with van der Waals surface area (Å²) in [5.74, 6) is 2.04. The van der Waals surface area contributed by atoms with Crippen LogP contribution in [-0.4, -0.2) is 34.8 Å². The van der Waals surface area contributed by atoms with E-state index in [1.807, 2.05) is 28.8 Å². The van der Waals surface area contributed by atoms with Gasteiger partial charge in [0.25, 0.3) is 0 Å². The van der Waals surface area contributed by atoms with E-state index < -0.39 is 0 Å². The molecular weight excluding hydrogens is 300 g/mol. The van der Waals surface area contributed by atoms with Crippen molar-refractivity contribution < 1.29 is 4.74 Å². The Morgan fingerprint density at radius 1 is 1.04 bits per heavy atom. The average Bonchev–Trinajstić information content (AvgIpc) is 3.26. The number of hydrogen-bond donors (Lipinski definition) is 0. The predicted molar refractivity (Wildman–Crippen MR) is 95.9 cm³/mol. The maximum Gasteiger partial charge on any atom is 0.158 e. The molecular formula is C19H22N4O. The Kier molecular flexibility index (Phi) is 3.63. The molecule has 0 unspecified atom stereocenters. The fraction of sp³-hybridized carbons (Fsp3) is 0.368. The minimum Gasteiger partial charge on any atom is -0.497 e. The molecule has 0 atom stereocenters. The first-order valence-corrected chi connectivity index (χ1v) is 8.44. The van der Waals surface area contributed by atoms with E-state index in [1.54, 1.807) is 7.11 Å². The fourth-order valence-corrected chi connectivity index (χ4v) is 3.39. The van der Waals surface area contributed by atoms with Crippen LogP contribution < -0.4 is 9.64 Å². The van der Waals surface area contributed by atoms with Crippen molar-refractivity contribution in [1.29, 1.82) is 0 Å². The highest BCUT2D eigenvalue weighted by molar-refractivity contribution is 5.67. The van der Waals surface area contributed by atoms with Gasteiger partial charge >= 0.3 is 0 Å². The Hall–Kier alpha value is -2.56. The number of benzene rings is 1. The molecule has 3 aromatic rings. The summed E-state index contributed by atoms with van der Waals surface area (Å²) >= 11 is 0. The fourth-order valence-electron chi connectivity index (χ4n) is 3.39. The lowest BCUT2D eigenvalue weighted by molar-refractivity contribution is 0.415. The van der Waals surface area contributed by atoms with Crippen LogP contribution in [0.5, 0.6) is 5.75 Å². The lowest BCUT2D eigenvalue weighted by Crippen LogP contribution is -2.23. The molecule has 0 saturated carbocycles. The molecule has 0 amide bonds. The molecule has 124 valence electrons. The summed E-state index contributed by atoms with van der Waals surface area (Å²) in [4.78, 5) is 7.17. The molecule has 5 nitrogen and oxygen atoms in total. The molecule has 0 aliphatic carbocycles. The van der Waals surface area contributed by atoms with Crippen molar-refractivity contribution >= 4 is 11.5 Å². The van der Waals surface area contributed by atoms with Crippen molar-refractivity contribution in [1.82, 2.24) is 14.6 Å². The highest BCUT2D eigenvalue weighted by atomic mass is 16.5. The van der Waals surface area contributed by atoms with Gasteiger partial charge in [-0.1, -0.05) is 0 Å². The SMILES string of the molecule is COc1ccc(-c2cc3nc(C)c(C)c(N4CCCC4)n3n2)cc1. The van der Waals surface area contributed by atoms with Gasteiger partial charge in [-0.2, -0.15) is 9.61 Å². The second-order valence-corrected chi connectivity index (χ2v) is 6.37. The summed E-state index contributed by atoms with van der Waals surface area (Å²) in [5.41, 5.74) is 5.21. The van der Waals surface area contributed by atoms with Crippen LogP contribution in [0.2, 0.25) is 0 Å². The van der Waals surface area contributed by atoms with Crippen molar-refractivity contribution in [2.45, 2.75) is 26.7 Å². The number of ether oxygens (including phenoxy) is 1. The first-order chi connectivity index (χ1) is 11.7. The van der Waals surface area contributed by atoms with Gasteiger partial charge in [-0.25, -0.2) is 4.98 Å². The van der Waals surface area contributed by atoms with Crippen LogP contribution in [0.3, 0.4) is 0 Å². The van der Waals surface area contributed by atoms with Crippen molar-refractivity contribution in [3.8, 4) is 17.0 Å². The van der Waals surface area contributed by atoms with Crippen LogP contribution in [0.1, 0.15) is 24.1 Å². The molecule has 0 radical (unpaired) electrons. The number of fused-ring (bicyclic) bond motifs is 1. The highest BCUT2D eigenvalue weighted by Gasteiger charge is 2.21. The summed E-state index contributed by atoms with van der Waals surface area (Å²) in [6.07, 6.45) is 2.49. The number of aryl methyl sites for hydroxylation is 1. The number of aromatic nitrogens is 3. The molecule has 0 N–H and O–H groups in total. The van der Waals surface area contributed by atoms with Crippen LogP contribution in [0.15, 0.2) is 30.3 Å². The topological polar surface area (TPSA) is 42.7 Å². The largest absolute Gasteiger partial charge is 0.497 e. The normalized spacial score (nSPS) is 14.5. The molecule has 1 aliphatic heterocycles. The number of hydrogen-bond acceptors (Lipinski definition) is 4. The summed E-state index contributed by atoms with van der Waals surface area (Å²) in [5, 5.41) is 4.86. The zero-order chi connectivity index (χ0) is 16.7. The zero-order valence-corrected chi connectivity index (χ0v) is 14.4. The van der Waals surface area contributed by atoms with E-state index in [0.29, 0.717) is 0 Å². The molecule has 5 heteroatoms. The van der Waals surface area contributed by atoms with Gasteiger partial charge in [0.2, 0.25) is 0 Å². The standard InChI is InChI=1S/C19H22N4O/c1-13-14(2)20-18-12-17(15-6-8-16(24-3)9-7-15)21-23(18)19(13)22-10-4-5-11-22/h6-9,12H,4-5,10-11H2,1-3H3. The third kappa shape index (κ3) is 2.40. The van der Waals surface area contributed by atoms with Crippen molar-refractivity contribution in [3.05, 3.63) is 41.6 Å². The van der Waals surface area contributed by atoms with Gasteiger partial charge in [0.1, 0.15) is 11.6 Å². The predicted octanol–water partition coefficient (Wildman–Crippen LogP) is 3.62. The molecule has 1 fully saturated rings. The minimum atomic E-state index is 0.852. The molecule has 24 heavy (non-hydrogen) atoms. The van der Waals surface area contributed by atoms with Crippen LogP contribution >= 0.6 is 0 Å². The monoisotopic (exact) mass is 322 g/mol. The Morgan fingerprint density at radius 2 is 1.75 bits per heavy atom. The second-order valence-electron chi connectivity index (χ2n) is 6.37. The van der Waals surface area contributed by atoms with Gasteiger partial charge in [0.15, 0.2) is 5.65 Å². The summed E-state index contributed by atoms with van der Waals surface area (Å²) in [7, 11) is 1.68. The van der Waals surface area contributed by atoms with E-state index in [4.69, 9.17) is 14.8 Å². The molecule has 0 spiro atoms. The lowest BCUT2D eigenvalue weighted by atomic mass is 10.1. The molecule has 1 aliphatic rings. The third-order valence-electron chi connectivity index (χ3n) is 4.84. The zero-order valence-electron chi connectivity index (χ0n) is 14.4. The van der Waals surface area contributed by atoms with Crippen LogP contribution in [0.4, 0.5) is 5.82 Å². The van der Waals surface area contributed by atoms with E-state index in [0.717, 1.165) is 41.4 Å². The van der Waals surface area contributed by atoms with E-state index in [9.17, 15) is 0 Å². The van der Waals surface area contributed by atoms with Gasteiger partial charge in [-0.3, -0.25) is 0 Å². The number of anilines is 1. The maximum atomic E-state index is 5.24. The molecule has 1 aromatic carbocycles. The Balaban J connectivity index is 1.86. The highest BCUT2D eigenvalue weighted by Crippen LogP contribution is 2.29. The molecule has 0 bridgehead atoms. The quantitative estimate of drug-likeness (QED) is 0.738. The van der Waals surface area contributed by atoms with Gasteiger partial charge in [0, 0.05) is 36.0 Å². The average molecular weight is 322 g/mol. The maximum absolute atomic E-state index is 5.24. The first-order valence-electron chi connectivity index (χ1n) is 8.44. The molecule has 4 rings (SSSR count). The van der Waals surface area contributed by atoms with Gasteiger partial charge in [-0.05, 0) is 51.0 Å². The summed E-state index contributed by atoms with van der Waals surface area (Å²) in [6, 6.07) is 10.1. The molecule has 2 aromatic heterocycles. The summed E-state index contributed by atoms with van der Waals surface area (Å²) < 4.78 is 7.24. The van der Waals surface area contributed by atoms with Gasteiger partial charge < -0.3 is 9.64 Å². The van der Waals surface area contributed by atoms with Crippen LogP contribution in [-0.2, 0) is 0 Å². The van der Waals surface area contributed by atoms with E-state index in [-0.39, 0.29) is 0 Å². The second kappa shape index (κ2) is 5.82. The number of rotatable bonds is 3. The van der Waals surface area contributed by atoms with Crippen LogP contribution in [0, 0.1) is 13.8 Å². The number of nitrogens with zero attached hydrogens (tertiary/aromatic N) is 4. The molecule has 1 saturated heterocycles. The summed E-state index contributed by atoms with van der Waals surface area (Å²) in [6.45, 7) is 6.41.